The van der Waals surface area contributed by atoms with Crippen LogP contribution < -0.4 is 168 Å². The molecule has 3 atom stereocenters. The molecule has 3 fully saturated rings. The van der Waals surface area contributed by atoms with Crippen molar-refractivity contribution in [2.24, 2.45) is 0 Å². The number of phenolic OH excluding ortho intramolecular Hbond substituents is 1. The number of fused-ring (bicyclic) bond motifs is 3. The second-order valence-corrected chi connectivity index (χ2v) is 33.4. The van der Waals surface area contributed by atoms with E-state index in [1.54, 1.807) is 137 Å². The fourth-order valence-corrected chi connectivity index (χ4v) is 15.0. The van der Waals surface area contributed by atoms with Gasteiger partial charge < -0.3 is 68.8 Å². The summed E-state index contributed by atoms with van der Waals surface area (Å²) >= 11 is 25.8. The summed E-state index contributed by atoms with van der Waals surface area (Å²) in [7, 11) is 0. The molecule has 37 nitrogen and oxygen atoms in total. The average molecular weight is 2230 g/mol. The molecule has 4 N–H and O–H groups in total. The normalized spacial score (nSPS) is 14.0. The second kappa shape index (κ2) is 59.6. The van der Waals surface area contributed by atoms with Gasteiger partial charge in [0.2, 0.25) is 35.5 Å². The van der Waals surface area contributed by atoms with E-state index >= 15 is 0 Å². The number of amides is 6. The van der Waals surface area contributed by atoms with E-state index in [2.05, 4.69) is 112 Å². The minimum absolute atomic E-state index is 0. The molecule has 3 saturated heterocycles. The quantitative estimate of drug-likeness (QED) is 0.00961. The molecule has 726 valence electrons. The maximum Gasteiger partial charge on any atom is 1.00 e. The molecular formula is C97H107Cl4Cs2N21O16. The minimum atomic E-state index is -0.626. The number of carbonyl (C=O) groups is 8. The molecule has 15 rings (SSSR count). The zero-order valence-electron chi connectivity index (χ0n) is 78.7. The summed E-state index contributed by atoms with van der Waals surface area (Å²) in [6.45, 7) is 26.2. The Morgan fingerprint density at radius 3 is 1.14 bits per heavy atom. The first kappa shape index (κ1) is 119. The molecule has 6 amide bonds. The van der Waals surface area contributed by atoms with Gasteiger partial charge in [0.25, 0.3) is 30.7 Å². The van der Waals surface area contributed by atoms with Gasteiger partial charge in [0, 0.05) is 122 Å². The Balaban J connectivity index is 0.000000391. The number of carbonyl (C=O) groups excluding carboxylic acids is 8. The van der Waals surface area contributed by atoms with Crippen molar-refractivity contribution >= 4 is 146 Å². The fourth-order valence-electron chi connectivity index (χ4n) is 14.1. The van der Waals surface area contributed by atoms with Crippen LogP contribution in [0.5, 0.6) is 29.0 Å². The van der Waals surface area contributed by atoms with Crippen molar-refractivity contribution < 1.29 is 217 Å². The van der Waals surface area contributed by atoms with Crippen LogP contribution in [0.15, 0.2) is 173 Å². The molecule has 12 aromatic rings. The monoisotopic (exact) mass is 2230 g/mol. The van der Waals surface area contributed by atoms with Gasteiger partial charge in [-0.3, -0.25) is 59.7 Å². The molecule has 0 unspecified atom stereocenters. The number of benzene rings is 3. The van der Waals surface area contributed by atoms with Crippen molar-refractivity contribution in [3.8, 4) is 65.5 Å². The zero-order chi connectivity index (χ0) is 98.6. The first-order valence-electron chi connectivity index (χ1n) is 42.2. The number of hydrogen-bond donors (Lipinski definition) is 4. The molecule has 43 heteroatoms. The fraction of sp³-hybridized carbons (Fsp3) is 0.320. The van der Waals surface area contributed by atoms with Crippen molar-refractivity contribution in [1.82, 2.24) is 88.2 Å². The summed E-state index contributed by atoms with van der Waals surface area (Å²) in [6.07, 6.45) is 32.0. The number of likely N-dealkylation sites (tertiary alicyclic amines) is 3. The number of nitrogens with one attached hydrogen (secondary N) is 3. The molecule has 140 heavy (non-hydrogen) atoms. The summed E-state index contributed by atoms with van der Waals surface area (Å²) in [5.41, 5.74) is 5.63. The Labute approximate surface area is 950 Å². The molecule has 3 aliphatic heterocycles. The smallest absolute Gasteiger partial charge is 1.00 e. The summed E-state index contributed by atoms with van der Waals surface area (Å²) in [6, 6.07) is 24.3. The number of pyridine rings is 3. The van der Waals surface area contributed by atoms with Crippen LogP contribution in [-0.4, -0.2) is 193 Å². The van der Waals surface area contributed by atoms with E-state index < -0.39 is 11.2 Å². The van der Waals surface area contributed by atoms with Gasteiger partial charge in [0.15, 0.2) is 0 Å². The predicted molar refractivity (Wildman–Crippen MR) is 523 cm³/mol. The molecule has 0 bridgehead atoms. The molecule has 3 aromatic carbocycles. The number of aromatic nitrogens is 15. The minimum Gasteiger partial charge on any atom is -1.00 e. The van der Waals surface area contributed by atoms with Crippen molar-refractivity contribution in [2.75, 3.05) is 55.2 Å². The summed E-state index contributed by atoms with van der Waals surface area (Å²) in [4.78, 5) is 154. The predicted octanol–water partition coefficient (Wildman–Crippen LogP) is 12.0. The Morgan fingerprint density at radius 1 is 0.493 bits per heavy atom. The van der Waals surface area contributed by atoms with Gasteiger partial charge in [0.1, 0.15) is 67.7 Å². The topological polar surface area (TPSA) is 451 Å². The molecule has 0 spiro atoms. The molecular weight excluding hydrogens is 2120 g/mol. The van der Waals surface area contributed by atoms with Gasteiger partial charge in [-0.15, -0.1) is 12.8 Å². The third-order valence-corrected chi connectivity index (χ3v) is 21.1. The largest absolute Gasteiger partial charge is 1.00 e. The molecule has 0 aliphatic carbocycles. The Hall–Kier alpha value is -11.1. The number of halogens is 4. The first-order valence-corrected chi connectivity index (χ1v) is 43.7. The molecule has 12 heterocycles. The Bertz CT molecular complexity index is 6350. The first-order chi connectivity index (χ1) is 65.2. The maximum atomic E-state index is 13.3. The number of hydrogen-bond acceptors (Lipinski definition) is 28. The van der Waals surface area contributed by atoms with Gasteiger partial charge in [-0.2, -0.15) is 0 Å². The summed E-state index contributed by atoms with van der Waals surface area (Å²) in [5.74, 6) is 9.75. The Morgan fingerprint density at radius 2 is 0.843 bits per heavy atom. The number of anilines is 3. The van der Waals surface area contributed by atoms with E-state index in [0.717, 1.165) is 81.1 Å². The summed E-state index contributed by atoms with van der Waals surface area (Å²) in [5, 5.41) is 28.8. The molecule has 0 saturated carbocycles. The van der Waals surface area contributed by atoms with Crippen LogP contribution in [0.25, 0.3) is 33.1 Å². The van der Waals surface area contributed by atoms with E-state index in [9.17, 15) is 33.9 Å². The van der Waals surface area contributed by atoms with E-state index in [1.165, 1.54) is 31.1 Å². The summed E-state index contributed by atoms with van der Waals surface area (Å²) < 4.78 is 32.8. The van der Waals surface area contributed by atoms with Crippen LogP contribution in [-0.2, 0) is 33.5 Å². The molecule has 0 radical (unpaired) electrons. The number of rotatable bonds is 17. The number of ether oxygens (including phenoxy) is 5. The average Bonchev–Trinajstić information content (AvgIpc) is 1.63. The van der Waals surface area contributed by atoms with Crippen LogP contribution in [0.2, 0.25) is 20.2 Å². The van der Waals surface area contributed by atoms with Gasteiger partial charge in [-0.25, -0.2) is 54.4 Å². The van der Waals surface area contributed by atoms with Crippen LogP contribution in [0.3, 0.4) is 0 Å². The molecule has 3 aliphatic rings. The van der Waals surface area contributed by atoms with Crippen LogP contribution >= 0.6 is 46.4 Å². The van der Waals surface area contributed by atoms with Gasteiger partial charge in [0.05, 0.1) is 57.5 Å². The SMILES string of the molecule is C.C.C#CC#CC#C.C=CC(=O)N1CCCC[C@@H](n2c(NC(=O)c3ccnc(C)c3)nc3ccc(Oc4ccncn4)c(Cl)c32)C1.C=COC=O.Cc1cc(C(=O)Nc2nc3ccc(O)c(Cl)c3n2[C@@H]2CCCCN(C(=O)OC(C)(C)C)C2)ccn1.Cc1cc(C(=O)Nc2nc3ccc(Oc4ccncn4)c(Cl)c3n2[C@@H]2CCCCN(C(=O)OC(C)(C)C)C2)ccn1.Clc1ccncn1.O=CO[O-].[Cs+].[Cs+].[H-]. The van der Waals surface area contributed by atoms with Gasteiger partial charge in [-0.1, -0.05) is 74.4 Å². The number of imidazole rings is 3. The standard InChI is InChI=1S/C29H32ClN7O4.C27H26ClN7O3.C25H30ClN5O4.C6H2.C4H3ClN2.C3H4O2.CH2O3.2CH4.2Cs.H/c1-18-15-19(10-13-32-18)26(38)35-27-34-21-8-9-22(40-23-11-12-31-17-33-23)24(30)25(21)37(27)20-7-5-6-14-36(16-20)28(39)41-29(2,3)4;1-3-23(36)34-13-5-4-6-19(15-34)35-25-20(7-8-21(24(25)28)38-22-10-11-29-16-31-22)32-27(35)33-26(37)18-9-12-30-17(2)14-18;1-15-13-16(10-11-27-15)22(33)29-23-28-18-8-9-19(32)20(26)21(18)31(23)17-7-5-6-12-30(14-17)24(34)35-25(2,3)4;1-3-5-6-4-2;5-4-1-2-6-3-7-4;1-2-5-3-4;2-1-4-3;;;;;/h8-13,15,17,20H,5-7,14,16H2,1-4H3,(H,34,35,38);3,7-12,14,16,19H,1,4-6,13,15H2,2H3,(H,32,33,37);8-11,13,17,32H,5-7,12,14H2,1-4H3,(H,28,29,33);1-2H;1-3H;2-3H,1H2;1,3H;2*1H4;;;/q;;;;;;;;;2*+1;-1/p-1/t20-;19-;17-;;;;;;;;;/m111........./s1. The number of terminal acetylenes is 2. The second-order valence-electron chi connectivity index (χ2n) is 31.8. The maximum absolute atomic E-state index is 13.3. The van der Waals surface area contributed by atoms with Crippen LogP contribution in [0.1, 0.15) is 182 Å². The Kier molecular flexibility index (Phi) is 50.8. The van der Waals surface area contributed by atoms with Crippen molar-refractivity contribution in [1.29, 1.82) is 0 Å². The van der Waals surface area contributed by atoms with Gasteiger partial charge >= 0.3 is 150 Å². The van der Waals surface area contributed by atoms with Gasteiger partial charge in [-0.05, 0) is 229 Å². The van der Waals surface area contributed by atoms with E-state index in [4.69, 9.17) is 103 Å². The number of aryl methyl sites for hydroxylation is 3. The third-order valence-electron chi connectivity index (χ3n) is 19.7. The number of aromatic hydroxyl groups is 1. The zero-order valence-corrected chi connectivity index (χ0v) is 93.3. The number of phenols is 1. The number of nitrogens with zero attached hydrogens (tertiary/aromatic N) is 18. The van der Waals surface area contributed by atoms with Crippen molar-refractivity contribution in [3.63, 3.8) is 0 Å². The van der Waals surface area contributed by atoms with E-state index in [-0.39, 0.29) is 225 Å². The van der Waals surface area contributed by atoms with Crippen molar-refractivity contribution in [3.05, 3.63) is 227 Å². The van der Waals surface area contributed by atoms with E-state index in [1.807, 2.05) is 76.0 Å². The van der Waals surface area contributed by atoms with E-state index in [0.29, 0.717) is 152 Å². The molecule has 9 aromatic heterocycles. The van der Waals surface area contributed by atoms with Crippen molar-refractivity contribution in [2.45, 2.75) is 164 Å². The van der Waals surface area contributed by atoms with Crippen LogP contribution in [0, 0.1) is 57.3 Å². The van der Waals surface area contributed by atoms with Crippen LogP contribution in [0.4, 0.5) is 27.4 Å². The third kappa shape index (κ3) is 35.8.